The van der Waals surface area contributed by atoms with Gasteiger partial charge < -0.3 is 9.88 Å². The van der Waals surface area contributed by atoms with Gasteiger partial charge in [0.25, 0.3) is 0 Å². The molecule has 0 aliphatic carbocycles. The van der Waals surface area contributed by atoms with Crippen molar-refractivity contribution in [1.82, 2.24) is 14.9 Å². The molecular weight excluding hydrogens is 258 g/mol. The first kappa shape index (κ1) is 16.0. The minimum Gasteiger partial charge on any atom is -0.328 e. The predicted molar refractivity (Wildman–Crippen MR) is 90.9 cm³/mol. The topological polar surface area (TPSA) is 29.9 Å². The molecule has 0 radical (unpaired) electrons. The summed E-state index contributed by atoms with van der Waals surface area (Å²) in [7, 11) is 0. The summed E-state index contributed by atoms with van der Waals surface area (Å²) in [5, 5.41) is 3.51. The van der Waals surface area contributed by atoms with Crippen molar-refractivity contribution >= 4 is 11.0 Å². The Morgan fingerprint density at radius 2 is 1.86 bits per heavy atom. The summed E-state index contributed by atoms with van der Waals surface area (Å²) in [6.45, 7) is 13.3. The molecule has 116 valence electrons. The van der Waals surface area contributed by atoms with Gasteiger partial charge in [-0.15, -0.1) is 0 Å². The van der Waals surface area contributed by atoms with Crippen LogP contribution in [0.1, 0.15) is 50.8 Å². The fourth-order valence-corrected chi connectivity index (χ4v) is 2.69. The summed E-state index contributed by atoms with van der Waals surface area (Å²) in [6, 6.07) is 4.96. The Hall–Kier alpha value is -1.35. The predicted octanol–water partition coefficient (Wildman–Crippen LogP) is 4.24. The number of imidazole rings is 1. The lowest BCUT2D eigenvalue weighted by Crippen LogP contribution is -2.21. The molecular formula is C18H29N3. The van der Waals surface area contributed by atoms with Gasteiger partial charge in [0.1, 0.15) is 0 Å². The first-order valence-electron chi connectivity index (χ1n) is 8.13. The van der Waals surface area contributed by atoms with E-state index in [0.29, 0.717) is 6.04 Å². The highest BCUT2D eigenvalue weighted by Crippen LogP contribution is 2.23. The van der Waals surface area contributed by atoms with E-state index in [1.54, 1.807) is 0 Å². The molecule has 1 aromatic heterocycles. The third-order valence-corrected chi connectivity index (χ3v) is 4.19. The quantitative estimate of drug-likeness (QED) is 0.772. The highest BCUT2D eigenvalue weighted by Gasteiger charge is 2.10. The van der Waals surface area contributed by atoms with Crippen LogP contribution in [-0.4, -0.2) is 22.6 Å². The van der Waals surface area contributed by atoms with Crippen LogP contribution < -0.4 is 5.32 Å². The van der Waals surface area contributed by atoms with Crippen LogP contribution in [-0.2, 0) is 0 Å². The van der Waals surface area contributed by atoms with Crippen LogP contribution in [0.15, 0.2) is 18.5 Å². The standard InChI is InChI=1S/C18H29N3/c1-13(2)11-19-8-6-7-16(5)21-12-20-17-9-14(3)15(4)10-18(17)21/h9-10,12-13,16,19H,6-8,11H2,1-5H3. The highest BCUT2D eigenvalue weighted by molar-refractivity contribution is 5.77. The lowest BCUT2D eigenvalue weighted by molar-refractivity contribution is 0.471. The smallest absolute Gasteiger partial charge is 0.0960 e. The molecule has 3 heteroatoms. The van der Waals surface area contributed by atoms with Crippen molar-refractivity contribution in [2.75, 3.05) is 13.1 Å². The molecule has 0 fully saturated rings. The number of fused-ring (bicyclic) bond motifs is 1. The molecule has 1 atom stereocenters. The van der Waals surface area contributed by atoms with Crippen molar-refractivity contribution in [1.29, 1.82) is 0 Å². The van der Waals surface area contributed by atoms with E-state index in [1.807, 2.05) is 6.33 Å². The molecule has 21 heavy (non-hydrogen) atoms. The number of hydrogen-bond donors (Lipinski definition) is 1. The molecule has 0 aliphatic heterocycles. The zero-order valence-corrected chi connectivity index (χ0v) is 14.1. The molecule has 0 amide bonds. The highest BCUT2D eigenvalue weighted by atomic mass is 15.1. The maximum Gasteiger partial charge on any atom is 0.0960 e. The average Bonchev–Trinajstić information content (AvgIpc) is 2.81. The molecule has 2 rings (SSSR count). The second-order valence-electron chi connectivity index (χ2n) is 6.67. The van der Waals surface area contributed by atoms with Gasteiger partial charge in [-0.1, -0.05) is 13.8 Å². The SMILES string of the molecule is Cc1cc2ncn(C(C)CCCNCC(C)C)c2cc1C. The van der Waals surface area contributed by atoms with E-state index < -0.39 is 0 Å². The molecule has 3 nitrogen and oxygen atoms in total. The van der Waals surface area contributed by atoms with Crippen LogP contribution in [0.3, 0.4) is 0 Å². The Labute approximate surface area is 128 Å². The van der Waals surface area contributed by atoms with E-state index in [4.69, 9.17) is 0 Å². The number of aromatic nitrogens is 2. The van der Waals surface area contributed by atoms with Crippen molar-refractivity contribution in [2.24, 2.45) is 5.92 Å². The summed E-state index contributed by atoms with van der Waals surface area (Å²) in [5.74, 6) is 0.728. The Kier molecular flexibility index (Phi) is 5.40. The fraction of sp³-hybridized carbons (Fsp3) is 0.611. The number of aryl methyl sites for hydroxylation is 2. The third-order valence-electron chi connectivity index (χ3n) is 4.19. The van der Waals surface area contributed by atoms with Gasteiger partial charge in [-0.25, -0.2) is 4.98 Å². The second-order valence-corrected chi connectivity index (χ2v) is 6.67. The molecule has 0 saturated heterocycles. The normalized spacial score (nSPS) is 13.2. The zero-order chi connectivity index (χ0) is 15.4. The van der Waals surface area contributed by atoms with Gasteiger partial charge in [-0.2, -0.15) is 0 Å². The zero-order valence-electron chi connectivity index (χ0n) is 14.1. The van der Waals surface area contributed by atoms with Gasteiger partial charge in [-0.3, -0.25) is 0 Å². The molecule has 0 saturated carbocycles. The Balaban J connectivity index is 1.96. The fourth-order valence-electron chi connectivity index (χ4n) is 2.69. The maximum absolute atomic E-state index is 4.56. The van der Waals surface area contributed by atoms with Crippen LogP contribution in [0.2, 0.25) is 0 Å². The molecule has 2 aromatic rings. The van der Waals surface area contributed by atoms with E-state index in [1.165, 1.54) is 29.5 Å². The molecule has 1 aromatic carbocycles. The summed E-state index contributed by atoms with van der Waals surface area (Å²) < 4.78 is 2.32. The minimum absolute atomic E-state index is 0.498. The number of benzene rings is 1. The minimum atomic E-state index is 0.498. The summed E-state index contributed by atoms with van der Waals surface area (Å²) in [5.41, 5.74) is 5.04. The van der Waals surface area contributed by atoms with Crippen LogP contribution >= 0.6 is 0 Å². The van der Waals surface area contributed by atoms with E-state index in [2.05, 4.69) is 61.6 Å². The van der Waals surface area contributed by atoms with Crippen LogP contribution in [0, 0.1) is 19.8 Å². The van der Waals surface area contributed by atoms with Gasteiger partial charge in [0.05, 0.1) is 17.4 Å². The third kappa shape index (κ3) is 4.07. The lowest BCUT2D eigenvalue weighted by Gasteiger charge is -2.15. The molecule has 1 unspecified atom stereocenters. The second kappa shape index (κ2) is 7.08. The first-order chi connectivity index (χ1) is 9.99. The molecule has 0 spiro atoms. The van der Waals surface area contributed by atoms with Crippen LogP contribution in [0.4, 0.5) is 0 Å². The lowest BCUT2D eigenvalue weighted by atomic mass is 10.1. The van der Waals surface area contributed by atoms with Crippen molar-refractivity contribution in [3.63, 3.8) is 0 Å². The number of hydrogen-bond acceptors (Lipinski definition) is 2. The van der Waals surface area contributed by atoms with Crippen molar-refractivity contribution in [3.8, 4) is 0 Å². The maximum atomic E-state index is 4.56. The molecule has 0 bridgehead atoms. The Morgan fingerprint density at radius 3 is 2.57 bits per heavy atom. The van der Waals surface area contributed by atoms with Gasteiger partial charge >= 0.3 is 0 Å². The Bertz CT molecular complexity index is 583. The average molecular weight is 287 g/mol. The number of rotatable bonds is 7. The monoisotopic (exact) mass is 287 g/mol. The summed E-state index contributed by atoms with van der Waals surface area (Å²) >= 11 is 0. The van der Waals surface area contributed by atoms with Crippen molar-refractivity contribution in [2.45, 2.75) is 53.5 Å². The van der Waals surface area contributed by atoms with Gasteiger partial charge in [0, 0.05) is 6.04 Å². The summed E-state index contributed by atoms with van der Waals surface area (Å²) in [6.07, 6.45) is 4.39. The van der Waals surface area contributed by atoms with Crippen molar-refractivity contribution < 1.29 is 0 Å². The van der Waals surface area contributed by atoms with Gasteiger partial charge in [-0.05, 0) is 75.9 Å². The van der Waals surface area contributed by atoms with Gasteiger partial charge in [0.2, 0.25) is 0 Å². The molecule has 1 N–H and O–H groups in total. The van der Waals surface area contributed by atoms with E-state index in [9.17, 15) is 0 Å². The number of nitrogens with one attached hydrogen (secondary N) is 1. The van der Waals surface area contributed by atoms with Crippen LogP contribution in [0.5, 0.6) is 0 Å². The first-order valence-corrected chi connectivity index (χ1v) is 8.13. The molecule has 1 heterocycles. The Morgan fingerprint density at radius 1 is 1.14 bits per heavy atom. The number of nitrogens with zero attached hydrogens (tertiary/aromatic N) is 2. The summed E-state index contributed by atoms with van der Waals surface area (Å²) in [4.78, 5) is 4.56. The molecule has 0 aliphatic rings. The van der Waals surface area contributed by atoms with Crippen LogP contribution in [0.25, 0.3) is 11.0 Å². The van der Waals surface area contributed by atoms with E-state index in [-0.39, 0.29) is 0 Å². The van der Waals surface area contributed by atoms with E-state index >= 15 is 0 Å². The van der Waals surface area contributed by atoms with Crippen molar-refractivity contribution in [3.05, 3.63) is 29.6 Å². The van der Waals surface area contributed by atoms with Gasteiger partial charge in [0.15, 0.2) is 0 Å². The largest absolute Gasteiger partial charge is 0.328 e. The van der Waals surface area contributed by atoms with E-state index in [0.717, 1.165) is 24.5 Å².